The van der Waals surface area contributed by atoms with E-state index in [0.29, 0.717) is 5.56 Å². The van der Waals surface area contributed by atoms with E-state index in [4.69, 9.17) is 0 Å². The predicted octanol–water partition coefficient (Wildman–Crippen LogP) is 4.15. The second-order valence-corrected chi connectivity index (χ2v) is 5.99. The Morgan fingerprint density at radius 1 is 1.04 bits per heavy atom. The van der Waals surface area contributed by atoms with Gasteiger partial charge in [-0.3, -0.25) is 4.79 Å². The summed E-state index contributed by atoms with van der Waals surface area (Å²) in [7, 11) is 0. The summed E-state index contributed by atoms with van der Waals surface area (Å²) in [6.45, 7) is 1.99. The van der Waals surface area contributed by atoms with Crippen LogP contribution in [0, 0.1) is 6.92 Å². The highest BCUT2D eigenvalue weighted by atomic mass is 32.2. The van der Waals surface area contributed by atoms with Crippen molar-refractivity contribution in [1.29, 1.82) is 0 Å². The van der Waals surface area contributed by atoms with Gasteiger partial charge in [-0.25, -0.2) is 4.68 Å². The first-order valence-corrected chi connectivity index (χ1v) is 8.46. The molecule has 0 bridgehead atoms. The number of carbonyl (C=O) groups excluding carboxylic acids is 1. The Labute approximate surface area is 139 Å². The van der Waals surface area contributed by atoms with Crippen LogP contribution in [0.15, 0.2) is 65.7 Å². The van der Waals surface area contributed by atoms with E-state index < -0.39 is 0 Å². The Balaban J connectivity index is 1.73. The van der Waals surface area contributed by atoms with Crippen LogP contribution in [-0.2, 0) is 0 Å². The van der Waals surface area contributed by atoms with E-state index in [2.05, 4.69) is 10.4 Å². The van der Waals surface area contributed by atoms with Crippen LogP contribution in [0.5, 0.6) is 0 Å². The molecule has 23 heavy (non-hydrogen) atoms. The van der Waals surface area contributed by atoms with Gasteiger partial charge in [0.25, 0.3) is 5.91 Å². The van der Waals surface area contributed by atoms with Crippen molar-refractivity contribution >= 4 is 23.4 Å². The minimum atomic E-state index is -0.120. The molecule has 0 unspecified atom stereocenters. The number of thioether (sulfide) groups is 1. The molecule has 0 radical (unpaired) electrons. The number of amides is 1. The van der Waals surface area contributed by atoms with Gasteiger partial charge in [-0.1, -0.05) is 0 Å². The molecular formula is C18H17N3OS. The Hall–Kier alpha value is -2.53. The molecule has 5 heteroatoms. The van der Waals surface area contributed by atoms with Crippen molar-refractivity contribution in [2.45, 2.75) is 11.8 Å². The molecule has 4 nitrogen and oxygen atoms in total. The van der Waals surface area contributed by atoms with Crippen LogP contribution in [0.2, 0.25) is 0 Å². The van der Waals surface area contributed by atoms with Crippen LogP contribution in [0.1, 0.15) is 16.1 Å². The number of anilines is 1. The van der Waals surface area contributed by atoms with Gasteiger partial charge in [0.2, 0.25) is 0 Å². The summed E-state index contributed by atoms with van der Waals surface area (Å²) < 4.78 is 1.84. The number of hydrogen-bond donors (Lipinski definition) is 1. The highest BCUT2D eigenvalue weighted by molar-refractivity contribution is 7.98. The van der Waals surface area contributed by atoms with Crippen LogP contribution in [0.25, 0.3) is 5.69 Å². The number of aryl methyl sites for hydroxylation is 1. The Morgan fingerprint density at radius 2 is 1.74 bits per heavy atom. The lowest BCUT2D eigenvalue weighted by Crippen LogP contribution is -2.12. The molecule has 2 aromatic carbocycles. The highest BCUT2D eigenvalue weighted by Crippen LogP contribution is 2.18. The van der Waals surface area contributed by atoms with Crippen molar-refractivity contribution in [3.63, 3.8) is 0 Å². The molecule has 1 amide bonds. The van der Waals surface area contributed by atoms with Crippen molar-refractivity contribution < 1.29 is 4.79 Å². The second-order valence-electron chi connectivity index (χ2n) is 5.11. The van der Waals surface area contributed by atoms with Crippen molar-refractivity contribution in [3.05, 3.63) is 72.1 Å². The van der Waals surface area contributed by atoms with Gasteiger partial charge in [0.15, 0.2) is 0 Å². The first-order valence-electron chi connectivity index (χ1n) is 7.24. The number of aromatic nitrogens is 2. The zero-order valence-electron chi connectivity index (χ0n) is 13.0. The average Bonchev–Trinajstić information content (AvgIpc) is 3.02. The average molecular weight is 323 g/mol. The zero-order chi connectivity index (χ0) is 16.2. The quantitative estimate of drug-likeness (QED) is 0.734. The minimum absolute atomic E-state index is 0.120. The number of rotatable bonds is 4. The van der Waals surface area contributed by atoms with E-state index in [-0.39, 0.29) is 5.91 Å². The van der Waals surface area contributed by atoms with Gasteiger partial charge >= 0.3 is 0 Å². The molecule has 0 aliphatic heterocycles. The van der Waals surface area contributed by atoms with Gasteiger partial charge in [0.1, 0.15) is 0 Å². The summed E-state index contributed by atoms with van der Waals surface area (Å²) in [6.07, 6.45) is 3.78. The molecule has 116 valence electrons. The number of nitrogens with one attached hydrogen (secondary N) is 1. The Kier molecular flexibility index (Phi) is 4.48. The van der Waals surface area contributed by atoms with E-state index in [0.717, 1.165) is 17.1 Å². The fraction of sp³-hybridized carbons (Fsp3) is 0.111. The van der Waals surface area contributed by atoms with Crippen molar-refractivity contribution in [2.75, 3.05) is 11.6 Å². The molecule has 1 heterocycles. The van der Waals surface area contributed by atoms with Crippen LogP contribution >= 0.6 is 11.8 Å². The van der Waals surface area contributed by atoms with Gasteiger partial charge in [-0.15, -0.1) is 11.8 Å². The van der Waals surface area contributed by atoms with Crippen molar-refractivity contribution in [3.8, 4) is 5.69 Å². The van der Waals surface area contributed by atoms with E-state index in [1.807, 2.05) is 72.5 Å². The predicted molar refractivity (Wildman–Crippen MR) is 94.5 cm³/mol. The van der Waals surface area contributed by atoms with Crippen LogP contribution in [0.3, 0.4) is 0 Å². The third kappa shape index (κ3) is 3.46. The van der Waals surface area contributed by atoms with Gasteiger partial charge in [0.05, 0.1) is 5.69 Å². The molecule has 0 saturated heterocycles. The smallest absolute Gasteiger partial charge is 0.255 e. The molecule has 0 aliphatic rings. The topological polar surface area (TPSA) is 46.9 Å². The molecule has 0 fully saturated rings. The lowest BCUT2D eigenvalue weighted by molar-refractivity contribution is 0.102. The van der Waals surface area contributed by atoms with Gasteiger partial charge in [0, 0.05) is 28.0 Å². The van der Waals surface area contributed by atoms with Crippen LogP contribution in [-0.4, -0.2) is 21.9 Å². The number of hydrogen-bond acceptors (Lipinski definition) is 3. The number of carbonyl (C=O) groups is 1. The molecule has 0 aliphatic carbocycles. The van der Waals surface area contributed by atoms with Gasteiger partial charge in [-0.05, 0) is 67.8 Å². The lowest BCUT2D eigenvalue weighted by Gasteiger charge is -2.08. The molecule has 0 atom stereocenters. The zero-order valence-corrected chi connectivity index (χ0v) is 13.8. The normalized spacial score (nSPS) is 10.5. The van der Waals surface area contributed by atoms with E-state index >= 15 is 0 Å². The molecule has 1 N–H and O–H groups in total. The summed E-state index contributed by atoms with van der Waals surface area (Å²) >= 11 is 1.67. The SMILES string of the molecule is CSc1ccc(NC(=O)c2ccc(-n3nccc3C)cc2)cc1. The number of nitrogens with zero attached hydrogens (tertiary/aromatic N) is 2. The minimum Gasteiger partial charge on any atom is -0.322 e. The van der Waals surface area contributed by atoms with E-state index in [1.54, 1.807) is 18.0 Å². The summed E-state index contributed by atoms with van der Waals surface area (Å²) in [5.74, 6) is -0.120. The third-order valence-corrected chi connectivity index (χ3v) is 4.30. The highest BCUT2D eigenvalue weighted by Gasteiger charge is 2.07. The fourth-order valence-electron chi connectivity index (χ4n) is 2.27. The Bertz CT molecular complexity index is 807. The van der Waals surface area contributed by atoms with Crippen molar-refractivity contribution in [2.24, 2.45) is 0 Å². The molecular weight excluding hydrogens is 306 g/mol. The lowest BCUT2D eigenvalue weighted by atomic mass is 10.2. The first kappa shape index (κ1) is 15.4. The monoisotopic (exact) mass is 323 g/mol. The largest absolute Gasteiger partial charge is 0.322 e. The maximum atomic E-state index is 12.3. The van der Waals surface area contributed by atoms with E-state index in [1.165, 1.54) is 4.90 Å². The standard InChI is InChI=1S/C18H17N3OS/c1-13-11-12-19-21(13)16-7-3-14(4-8-16)18(22)20-15-5-9-17(23-2)10-6-15/h3-12H,1-2H3,(H,20,22). The molecule has 3 rings (SSSR count). The molecule has 3 aromatic rings. The molecule has 0 saturated carbocycles. The van der Waals surface area contributed by atoms with Gasteiger partial charge < -0.3 is 5.32 Å². The van der Waals surface area contributed by atoms with E-state index in [9.17, 15) is 4.79 Å². The fourth-order valence-corrected chi connectivity index (χ4v) is 2.68. The second kappa shape index (κ2) is 6.71. The molecule has 1 aromatic heterocycles. The third-order valence-electron chi connectivity index (χ3n) is 3.55. The summed E-state index contributed by atoms with van der Waals surface area (Å²) in [5, 5.41) is 7.16. The number of benzene rings is 2. The summed E-state index contributed by atoms with van der Waals surface area (Å²) in [5.41, 5.74) is 3.40. The van der Waals surface area contributed by atoms with Crippen molar-refractivity contribution in [1.82, 2.24) is 9.78 Å². The maximum Gasteiger partial charge on any atom is 0.255 e. The van der Waals surface area contributed by atoms with Gasteiger partial charge in [-0.2, -0.15) is 5.10 Å². The summed E-state index contributed by atoms with van der Waals surface area (Å²) in [4.78, 5) is 13.5. The van der Waals surface area contributed by atoms with Crippen LogP contribution in [0.4, 0.5) is 5.69 Å². The maximum absolute atomic E-state index is 12.3. The molecule has 0 spiro atoms. The summed E-state index contributed by atoms with van der Waals surface area (Å²) in [6, 6.07) is 17.1. The first-order chi connectivity index (χ1) is 11.2. The van der Waals surface area contributed by atoms with Crippen LogP contribution < -0.4 is 5.32 Å². The Morgan fingerprint density at radius 3 is 2.30 bits per heavy atom.